The topological polar surface area (TPSA) is 118 Å². The van der Waals surface area contributed by atoms with E-state index < -0.39 is 11.7 Å². The molecule has 0 unspecified atom stereocenters. The Kier molecular flexibility index (Phi) is 5.75. The molecule has 1 amide bonds. The summed E-state index contributed by atoms with van der Waals surface area (Å²) < 4.78 is 6.90. The number of nitrogens with zero attached hydrogens (tertiary/aromatic N) is 5. The van der Waals surface area contributed by atoms with Crippen molar-refractivity contribution in [1.29, 1.82) is 0 Å². The van der Waals surface area contributed by atoms with Crippen molar-refractivity contribution in [3.63, 3.8) is 0 Å². The molecule has 1 aliphatic rings. The number of piperazine rings is 1. The lowest BCUT2D eigenvalue weighted by Gasteiger charge is -2.26. The fraction of sp³-hybridized carbons (Fsp3) is 0.353. The first-order valence-corrected chi connectivity index (χ1v) is 8.57. The SMILES string of the molecule is Br.COc1cnc(-n2cnc(C)n2)c2[nH]cc(C(=O)C(=O)N3CCNCC3)c12. The van der Waals surface area contributed by atoms with Gasteiger partial charge in [-0.15, -0.1) is 17.0 Å². The maximum Gasteiger partial charge on any atom is 0.295 e. The molecule has 148 valence electrons. The van der Waals surface area contributed by atoms with E-state index in [1.807, 2.05) is 0 Å². The molecule has 0 aliphatic carbocycles. The highest BCUT2D eigenvalue weighted by Gasteiger charge is 2.28. The monoisotopic (exact) mass is 449 g/mol. The summed E-state index contributed by atoms with van der Waals surface area (Å²) in [6.45, 7) is 4.14. The fourth-order valence-corrected chi connectivity index (χ4v) is 3.19. The summed E-state index contributed by atoms with van der Waals surface area (Å²) in [5, 5.41) is 7.93. The van der Waals surface area contributed by atoms with Crippen LogP contribution in [0.4, 0.5) is 0 Å². The largest absolute Gasteiger partial charge is 0.494 e. The predicted molar refractivity (Wildman–Crippen MR) is 106 cm³/mol. The number of ether oxygens (including phenoxy) is 1. The molecule has 4 heterocycles. The lowest BCUT2D eigenvalue weighted by molar-refractivity contribution is -0.126. The van der Waals surface area contributed by atoms with Crippen LogP contribution in [-0.4, -0.2) is 74.6 Å². The van der Waals surface area contributed by atoms with E-state index in [0.29, 0.717) is 54.5 Å². The minimum Gasteiger partial charge on any atom is -0.494 e. The summed E-state index contributed by atoms with van der Waals surface area (Å²) in [6.07, 6.45) is 4.57. The number of amides is 1. The van der Waals surface area contributed by atoms with E-state index in [-0.39, 0.29) is 22.5 Å². The molecule has 11 heteroatoms. The van der Waals surface area contributed by atoms with Crippen LogP contribution < -0.4 is 10.1 Å². The smallest absolute Gasteiger partial charge is 0.295 e. The van der Waals surface area contributed by atoms with Gasteiger partial charge < -0.3 is 19.9 Å². The maximum absolute atomic E-state index is 12.9. The summed E-state index contributed by atoms with van der Waals surface area (Å²) in [6, 6.07) is 0. The van der Waals surface area contributed by atoms with Crippen molar-refractivity contribution < 1.29 is 14.3 Å². The Morgan fingerprint density at radius 2 is 1.96 bits per heavy atom. The van der Waals surface area contributed by atoms with Gasteiger partial charge in [0.15, 0.2) is 5.82 Å². The summed E-state index contributed by atoms with van der Waals surface area (Å²) in [5.74, 6) is 0.378. The second-order valence-corrected chi connectivity index (χ2v) is 6.21. The average Bonchev–Trinajstić information content (AvgIpc) is 3.33. The zero-order valence-electron chi connectivity index (χ0n) is 15.4. The van der Waals surface area contributed by atoms with E-state index in [0.717, 1.165) is 0 Å². The molecule has 1 aliphatic heterocycles. The number of carbonyl (C=O) groups excluding carboxylic acids is 2. The Labute approximate surface area is 171 Å². The highest BCUT2D eigenvalue weighted by atomic mass is 79.9. The van der Waals surface area contributed by atoms with Crippen LogP contribution in [0.25, 0.3) is 16.7 Å². The van der Waals surface area contributed by atoms with Gasteiger partial charge in [-0.2, -0.15) is 5.10 Å². The van der Waals surface area contributed by atoms with Crippen LogP contribution in [-0.2, 0) is 4.79 Å². The molecule has 1 saturated heterocycles. The summed E-state index contributed by atoms with van der Waals surface area (Å²) >= 11 is 0. The number of halogens is 1. The van der Waals surface area contributed by atoms with Crippen molar-refractivity contribution in [1.82, 2.24) is 34.9 Å². The number of aromatic amines is 1. The molecule has 3 aromatic heterocycles. The predicted octanol–water partition coefficient (Wildman–Crippen LogP) is 0.653. The van der Waals surface area contributed by atoms with Gasteiger partial charge in [-0.25, -0.2) is 14.6 Å². The summed E-state index contributed by atoms with van der Waals surface area (Å²) in [7, 11) is 1.50. The number of hydrogen-bond acceptors (Lipinski definition) is 7. The van der Waals surface area contributed by atoms with Crippen LogP contribution in [0.2, 0.25) is 0 Å². The minimum atomic E-state index is -0.576. The molecule has 0 saturated carbocycles. The third-order valence-electron chi connectivity index (χ3n) is 4.54. The van der Waals surface area contributed by atoms with Gasteiger partial charge in [-0.05, 0) is 6.92 Å². The average molecular weight is 450 g/mol. The van der Waals surface area contributed by atoms with Gasteiger partial charge in [0.2, 0.25) is 0 Å². The number of rotatable bonds is 4. The van der Waals surface area contributed by atoms with E-state index in [1.165, 1.54) is 30.5 Å². The molecule has 3 aromatic rings. The van der Waals surface area contributed by atoms with Crippen LogP contribution >= 0.6 is 17.0 Å². The lowest BCUT2D eigenvalue weighted by atomic mass is 10.1. The standard InChI is InChI=1S/C17H19N7O3.BrH/c1-10-21-9-24(22-10)16-14-13(12(27-2)8-20-16)11(7-19-14)15(25)17(26)23-5-3-18-4-6-23;/h7-9,18-19H,3-6H2,1-2H3;1H. The number of nitrogens with one attached hydrogen (secondary N) is 2. The molecule has 2 N–H and O–H groups in total. The third kappa shape index (κ3) is 3.38. The number of ketones is 1. The van der Waals surface area contributed by atoms with E-state index in [2.05, 4.69) is 25.4 Å². The molecule has 1 fully saturated rings. The third-order valence-corrected chi connectivity index (χ3v) is 4.54. The molecule has 10 nitrogen and oxygen atoms in total. The van der Waals surface area contributed by atoms with Crippen LogP contribution in [0, 0.1) is 6.92 Å². The molecule has 0 bridgehead atoms. The first-order chi connectivity index (χ1) is 13.1. The molecule has 28 heavy (non-hydrogen) atoms. The Hall–Kier alpha value is -2.79. The first-order valence-electron chi connectivity index (χ1n) is 8.57. The number of aryl methyl sites for hydroxylation is 1. The second kappa shape index (κ2) is 8.07. The van der Waals surface area contributed by atoms with Gasteiger partial charge in [0.25, 0.3) is 11.7 Å². The number of aromatic nitrogens is 5. The van der Waals surface area contributed by atoms with Crippen molar-refractivity contribution in [3.05, 3.63) is 30.1 Å². The lowest BCUT2D eigenvalue weighted by Crippen LogP contribution is -2.48. The number of hydrogen-bond donors (Lipinski definition) is 2. The van der Waals surface area contributed by atoms with Crippen LogP contribution in [0.1, 0.15) is 16.2 Å². The van der Waals surface area contributed by atoms with Crippen molar-refractivity contribution in [2.75, 3.05) is 33.3 Å². The van der Waals surface area contributed by atoms with E-state index in [1.54, 1.807) is 11.8 Å². The zero-order chi connectivity index (χ0) is 19.0. The van der Waals surface area contributed by atoms with Crippen LogP contribution in [0.3, 0.4) is 0 Å². The van der Waals surface area contributed by atoms with E-state index in [4.69, 9.17) is 4.74 Å². The van der Waals surface area contributed by atoms with Crippen LogP contribution in [0.15, 0.2) is 18.7 Å². The van der Waals surface area contributed by atoms with Gasteiger partial charge in [0.1, 0.15) is 17.9 Å². The molecule has 0 atom stereocenters. The van der Waals surface area contributed by atoms with E-state index in [9.17, 15) is 9.59 Å². The van der Waals surface area contributed by atoms with Crippen LogP contribution in [0.5, 0.6) is 5.75 Å². The first kappa shape index (κ1) is 20.0. The molecule has 0 aromatic carbocycles. The fourth-order valence-electron chi connectivity index (χ4n) is 3.19. The van der Waals surface area contributed by atoms with Gasteiger partial charge in [0.05, 0.1) is 29.8 Å². The zero-order valence-corrected chi connectivity index (χ0v) is 17.1. The highest BCUT2D eigenvalue weighted by molar-refractivity contribution is 8.93. The quantitative estimate of drug-likeness (QED) is 0.443. The Morgan fingerprint density at radius 1 is 1.21 bits per heavy atom. The van der Waals surface area contributed by atoms with Crippen molar-refractivity contribution in [2.24, 2.45) is 0 Å². The molecular formula is C17H20BrN7O3. The molecule has 0 spiro atoms. The van der Waals surface area contributed by atoms with Crippen molar-refractivity contribution in [3.8, 4) is 11.6 Å². The summed E-state index contributed by atoms with van der Waals surface area (Å²) in [5.41, 5.74) is 0.807. The van der Waals surface area contributed by atoms with Gasteiger partial charge in [0, 0.05) is 32.4 Å². The number of carbonyl (C=O) groups is 2. The second-order valence-electron chi connectivity index (χ2n) is 6.21. The number of H-pyrrole nitrogens is 1. The van der Waals surface area contributed by atoms with Gasteiger partial charge in [-0.3, -0.25) is 9.59 Å². The number of methoxy groups -OCH3 is 1. The summed E-state index contributed by atoms with van der Waals surface area (Å²) in [4.78, 5) is 38.6. The molecule has 0 radical (unpaired) electrons. The number of pyridine rings is 1. The number of fused-ring (bicyclic) bond motifs is 1. The molecular weight excluding hydrogens is 430 g/mol. The Bertz CT molecular complexity index is 1020. The van der Waals surface area contributed by atoms with Crippen molar-refractivity contribution in [2.45, 2.75) is 6.92 Å². The normalized spacial score (nSPS) is 14.0. The van der Waals surface area contributed by atoms with E-state index >= 15 is 0 Å². The van der Waals surface area contributed by atoms with Gasteiger partial charge >= 0.3 is 0 Å². The number of Topliss-reactive ketones (excluding diaryl/α,β-unsaturated/α-hetero) is 1. The highest BCUT2D eigenvalue weighted by Crippen LogP contribution is 2.31. The Morgan fingerprint density at radius 3 is 2.61 bits per heavy atom. The maximum atomic E-state index is 12.9. The molecule has 4 rings (SSSR count). The van der Waals surface area contributed by atoms with Crippen molar-refractivity contribution >= 4 is 39.6 Å². The van der Waals surface area contributed by atoms with Gasteiger partial charge in [-0.1, -0.05) is 0 Å². The Balaban J connectivity index is 0.00000225. The minimum absolute atomic E-state index is 0.